The molecular weight excluding hydrogens is 431 g/mol. The number of amides is 1. The lowest BCUT2D eigenvalue weighted by Crippen LogP contribution is -2.37. The highest BCUT2D eigenvalue weighted by atomic mass is 19.4. The molecule has 1 N–H and O–H groups in total. The summed E-state index contributed by atoms with van der Waals surface area (Å²) in [6.45, 7) is 1.62. The van der Waals surface area contributed by atoms with Gasteiger partial charge in [-0.15, -0.1) is 13.2 Å². The molecule has 1 atom stereocenters. The molecule has 2 aromatic carbocycles. The van der Waals surface area contributed by atoms with E-state index in [1.165, 1.54) is 41.2 Å². The van der Waals surface area contributed by atoms with Gasteiger partial charge in [-0.2, -0.15) is 10.4 Å². The summed E-state index contributed by atoms with van der Waals surface area (Å²) in [7, 11) is 0. The number of nitro groups is 1. The molecule has 1 unspecified atom stereocenters. The third-order valence-electron chi connectivity index (χ3n) is 4.59. The van der Waals surface area contributed by atoms with Crippen molar-refractivity contribution in [2.75, 3.05) is 6.54 Å². The minimum atomic E-state index is -4.83. The number of nitriles is 1. The lowest BCUT2D eigenvalue weighted by Gasteiger charge is -2.22. The molecule has 12 heteroatoms. The van der Waals surface area contributed by atoms with Crippen molar-refractivity contribution in [2.24, 2.45) is 5.41 Å². The summed E-state index contributed by atoms with van der Waals surface area (Å²) >= 11 is 0. The van der Waals surface area contributed by atoms with Crippen LogP contribution in [0.3, 0.4) is 0 Å². The van der Waals surface area contributed by atoms with Gasteiger partial charge in [0.2, 0.25) is 0 Å². The van der Waals surface area contributed by atoms with Crippen LogP contribution in [0, 0.1) is 26.9 Å². The van der Waals surface area contributed by atoms with E-state index in [0.29, 0.717) is 10.9 Å². The molecule has 3 aromatic rings. The minimum Gasteiger partial charge on any atom is -0.406 e. The van der Waals surface area contributed by atoms with E-state index in [1.807, 2.05) is 0 Å². The monoisotopic (exact) mass is 447 g/mol. The SMILES string of the molecule is CC(C#N)(CNC(=O)c1ccc(OC(F)(F)F)cc1)Cn1ncc2cc([N+](=O)[O-])ccc21. The second-order valence-corrected chi connectivity index (χ2v) is 7.23. The maximum Gasteiger partial charge on any atom is 0.573 e. The maximum absolute atomic E-state index is 12.4. The van der Waals surface area contributed by atoms with Crippen LogP contribution in [0.5, 0.6) is 5.75 Å². The molecular formula is C20H16F3N5O4. The second-order valence-electron chi connectivity index (χ2n) is 7.23. The molecule has 32 heavy (non-hydrogen) atoms. The minimum absolute atomic E-state index is 0.0720. The third-order valence-corrected chi connectivity index (χ3v) is 4.59. The average molecular weight is 447 g/mol. The van der Waals surface area contributed by atoms with Crippen LogP contribution in [0.15, 0.2) is 48.7 Å². The first-order valence-electron chi connectivity index (χ1n) is 9.15. The molecule has 3 rings (SSSR count). The van der Waals surface area contributed by atoms with Gasteiger partial charge in [0.05, 0.1) is 34.7 Å². The maximum atomic E-state index is 12.4. The number of hydrogen-bond acceptors (Lipinski definition) is 6. The number of carbonyl (C=O) groups excluding carboxylic acids is 1. The van der Waals surface area contributed by atoms with E-state index in [4.69, 9.17) is 0 Å². The summed E-state index contributed by atoms with van der Waals surface area (Å²) in [5.74, 6) is -1.03. The van der Waals surface area contributed by atoms with Gasteiger partial charge >= 0.3 is 6.36 Å². The van der Waals surface area contributed by atoms with Crippen LogP contribution in [0.1, 0.15) is 17.3 Å². The standard InChI is InChI=1S/C20H16F3N5O4/c1-19(10-24,12-27-17-7-4-15(28(30)31)8-14(17)9-26-27)11-25-18(29)13-2-5-16(6-3-13)32-20(21,22)23/h2-9H,11-12H2,1H3,(H,25,29). The van der Waals surface area contributed by atoms with Crippen molar-refractivity contribution in [1.82, 2.24) is 15.1 Å². The summed E-state index contributed by atoms with van der Waals surface area (Å²) in [5, 5.41) is 27.9. The predicted molar refractivity (Wildman–Crippen MR) is 106 cm³/mol. The Morgan fingerprint density at radius 3 is 2.56 bits per heavy atom. The van der Waals surface area contributed by atoms with Gasteiger partial charge in [0.25, 0.3) is 11.6 Å². The molecule has 0 spiro atoms. The smallest absolute Gasteiger partial charge is 0.406 e. The Labute approximate surface area is 179 Å². The van der Waals surface area contributed by atoms with E-state index < -0.39 is 28.4 Å². The summed E-state index contributed by atoms with van der Waals surface area (Å²) in [6, 6.07) is 10.7. The average Bonchev–Trinajstić information content (AvgIpc) is 3.13. The lowest BCUT2D eigenvalue weighted by atomic mass is 9.92. The number of carbonyl (C=O) groups is 1. The highest BCUT2D eigenvalue weighted by molar-refractivity contribution is 5.94. The fourth-order valence-electron chi connectivity index (χ4n) is 2.96. The van der Waals surface area contributed by atoms with Crippen LogP contribution in [0.25, 0.3) is 10.9 Å². The van der Waals surface area contributed by atoms with Crippen LogP contribution in [-0.2, 0) is 6.54 Å². The van der Waals surface area contributed by atoms with Gasteiger partial charge in [0, 0.05) is 29.6 Å². The number of non-ortho nitro benzene ring substituents is 1. The Bertz CT molecular complexity index is 1200. The van der Waals surface area contributed by atoms with Crippen LogP contribution in [-0.4, -0.2) is 33.5 Å². The highest BCUT2D eigenvalue weighted by Crippen LogP contribution is 2.25. The number of rotatable bonds is 7. The molecule has 0 radical (unpaired) electrons. The molecule has 0 aliphatic heterocycles. The van der Waals surface area contributed by atoms with E-state index in [9.17, 15) is 33.3 Å². The Morgan fingerprint density at radius 2 is 1.97 bits per heavy atom. The molecule has 0 bridgehead atoms. The van der Waals surface area contributed by atoms with Gasteiger partial charge in [0.1, 0.15) is 5.75 Å². The molecule has 166 valence electrons. The number of ether oxygens (including phenoxy) is 1. The van der Waals surface area contributed by atoms with Crippen molar-refractivity contribution >= 4 is 22.5 Å². The molecule has 1 amide bonds. The summed E-state index contributed by atoms with van der Waals surface area (Å²) in [4.78, 5) is 22.7. The number of hydrogen-bond donors (Lipinski definition) is 1. The van der Waals surface area contributed by atoms with Crippen LogP contribution < -0.4 is 10.1 Å². The molecule has 0 aliphatic rings. The normalized spacial score (nSPS) is 13.2. The summed E-state index contributed by atoms with van der Waals surface area (Å²) in [5.41, 5.74) is -0.491. The zero-order valence-corrected chi connectivity index (χ0v) is 16.6. The first kappa shape index (κ1) is 22.5. The fourth-order valence-corrected chi connectivity index (χ4v) is 2.96. The number of nitrogens with zero attached hydrogens (tertiary/aromatic N) is 4. The first-order chi connectivity index (χ1) is 15.0. The molecule has 0 fully saturated rings. The third kappa shape index (κ3) is 5.31. The van der Waals surface area contributed by atoms with Crippen molar-refractivity contribution in [3.63, 3.8) is 0 Å². The number of aromatic nitrogens is 2. The summed E-state index contributed by atoms with van der Waals surface area (Å²) < 4.78 is 42.0. The van der Waals surface area contributed by atoms with E-state index in [1.54, 1.807) is 6.92 Å². The van der Waals surface area contributed by atoms with Gasteiger partial charge in [-0.3, -0.25) is 19.6 Å². The second kappa shape index (κ2) is 8.54. The zero-order chi connectivity index (χ0) is 23.5. The molecule has 9 nitrogen and oxygen atoms in total. The molecule has 1 aromatic heterocycles. The fraction of sp³-hybridized carbons (Fsp3) is 0.250. The van der Waals surface area contributed by atoms with Crippen molar-refractivity contribution < 1.29 is 27.6 Å². The van der Waals surface area contributed by atoms with Gasteiger partial charge < -0.3 is 10.1 Å². The Morgan fingerprint density at radius 1 is 1.28 bits per heavy atom. The first-order valence-corrected chi connectivity index (χ1v) is 9.15. The number of nitro benzene ring substituents is 1. The highest BCUT2D eigenvalue weighted by Gasteiger charge is 2.31. The van der Waals surface area contributed by atoms with Crippen molar-refractivity contribution in [3.8, 4) is 11.8 Å². The van der Waals surface area contributed by atoms with Crippen LogP contribution in [0.4, 0.5) is 18.9 Å². The topological polar surface area (TPSA) is 123 Å². The number of fused-ring (bicyclic) bond motifs is 1. The largest absolute Gasteiger partial charge is 0.573 e. The number of alkyl halides is 3. The van der Waals surface area contributed by atoms with E-state index in [-0.39, 0.29) is 24.3 Å². The lowest BCUT2D eigenvalue weighted by molar-refractivity contribution is -0.384. The number of halogens is 3. The van der Waals surface area contributed by atoms with E-state index >= 15 is 0 Å². The van der Waals surface area contributed by atoms with Crippen LogP contribution in [0.2, 0.25) is 0 Å². The van der Waals surface area contributed by atoms with E-state index in [2.05, 4.69) is 21.2 Å². The Hall–Kier alpha value is -4.14. The van der Waals surface area contributed by atoms with Gasteiger partial charge in [-0.25, -0.2) is 0 Å². The van der Waals surface area contributed by atoms with Crippen molar-refractivity contribution in [3.05, 3.63) is 64.3 Å². The van der Waals surface area contributed by atoms with Gasteiger partial charge in [-0.1, -0.05) is 0 Å². The number of nitrogens with one attached hydrogen (secondary N) is 1. The quantitative estimate of drug-likeness (QED) is 0.434. The molecule has 0 saturated heterocycles. The molecule has 0 aliphatic carbocycles. The van der Waals surface area contributed by atoms with Crippen LogP contribution >= 0.6 is 0 Å². The molecule has 0 saturated carbocycles. The Balaban J connectivity index is 1.68. The zero-order valence-electron chi connectivity index (χ0n) is 16.6. The number of benzene rings is 2. The van der Waals surface area contributed by atoms with E-state index in [0.717, 1.165) is 12.1 Å². The van der Waals surface area contributed by atoms with Gasteiger partial charge in [-0.05, 0) is 37.3 Å². The van der Waals surface area contributed by atoms with Crippen molar-refractivity contribution in [1.29, 1.82) is 5.26 Å². The summed E-state index contributed by atoms with van der Waals surface area (Å²) in [6.07, 6.45) is -3.39. The predicted octanol–water partition coefficient (Wildman–Crippen LogP) is 3.80. The molecule has 1 heterocycles. The van der Waals surface area contributed by atoms with Crippen molar-refractivity contribution in [2.45, 2.75) is 19.8 Å². The van der Waals surface area contributed by atoms with Gasteiger partial charge in [0.15, 0.2) is 0 Å². The Kier molecular flexibility index (Phi) is 6.02.